The summed E-state index contributed by atoms with van der Waals surface area (Å²) < 4.78 is 1.56. The molecule has 0 saturated heterocycles. The first-order valence-electron chi connectivity index (χ1n) is 7.46. The van der Waals surface area contributed by atoms with Crippen LogP contribution in [0.4, 0.5) is 5.69 Å². The molecule has 122 valence electrons. The molecule has 24 heavy (non-hydrogen) atoms. The van der Waals surface area contributed by atoms with E-state index in [4.69, 9.17) is 0 Å². The van der Waals surface area contributed by atoms with Crippen molar-refractivity contribution < 1.29 is 4.79 Å². The Morgan fingerprint density at radius 3 is 2.79 bits per heavy atom. The highest BCUT2D eigenvalue weighted by atomic mass is 32.2. The molecule has 0 saturated carbocycles. The van der Waals surface area contributed by atoms with Gasteiger partial charge in [0, 0.05) is 11.9 Å². The van der Waals surface area contributed by atoms with Crippen molar-refractivity contribution in [3.63, 3.8) is 0 Å². The van der Waals surface area contributed by atoms with Crippen LogP contribution in [0.25, 0.3) is 5.69 Å². The number of hydrogen-bond donors (Lipinski definition) is 1. The third kappa shape index (κ3) is 3.96. The second-order valence-electron chi connectivity index (χ2n) is 4.97. The van der Waals surface area contributed by atoms with Gasteiger partial charge in [0.15, 0.2) is 0 Å². The highest BCUT2D eigenvalue weighted by Gasteiger charge is 2.11. The quantitative estimate of drug-likeness (QED) is 0.693. The molecule has 0 bridgehead atoms. The maximum absolute atomic E-state index is 12.1. The molecule has 0 aliphatic rings. The SMILES string of the molecule is CCc1ccc(NC(=O)CSc2nnnn2-c2cccnc2)cc1. The lowest BCUT2D eigenvalue weighted by Gasteiger charge is -2.06. The first-order chi connectivity index (χ1) is 11.8. The monoisotopic (exact) mass is 340 g/mol. The third-order valence-corrected chi connectivity index (χ3v) is 4.23. The molecule has 1 amide bonds. The minimum absolute atomic E-state index is 0.106. The number of hydrogen-bond acceptors (Lipinski definition) is 6. The summed E-state index contributed by atoms with van der Waals surface area (Å²) >= 11 is 1.27. The zero-order valence-electron chi connectivity index (χ0n) is 13.1. The van der Waals surface area contributed by atoms with Gasteiger partial charge in [0.25, 0.3) is 0 Å². The van der Waals surface area contributed by atoms with Gasteiger partial charge in [-0.25, -0.2) is 0 Å². The second kappa shape index (κ2) is 7.69. The molecular formula is C16H16N6OS. The van der Waals surface area contributed by atoms with Crippen LogP contribution in [-0.4, -0.2) is 36.9 Å². The Bertz CT molecular complexity index is 803. The van der Waals surface area contributed by atoms with E-state index in [0.29, 0.717) is 5.16 Å². The molecule has 7 nitrogen and oxygen atoms in total. The van der Waals surface area contributed by atoms with Crippen molar-refractivity contribution in [1.29, 1.82) is 0 Å². The molecule has 0 unspecified atom stereocenters. The lowest BCUT2D eigenvalue weighted by Crippen LogP contribution is -2.14. The van der Waals surface area contributed by atoms with Crippen molar-refractivity contribution in [2.24, 2.45) is 0 Å². The van der Waals surface area contributed by atoms with Crippen LogP contribution >= 0.6 is 11.8 Å². The van der Waals surface area contributed by atoms with Gasteiger partial charge in [-0.15, -0.1) is 5.10 Å². The largest absolute Gasteiger partial charge is 0.325 e. The minimum Gasteiger partial charge on any atom is -0.325 e. The Morgan fingerprint density at radius 2 is 2.08 bits per heavy atom. The van der Waals surface area contributed by atoms with E-state index in [2.05, 4.69) is 32.7 Å². The molecule has 1 N–H and O–H groups in total. The number of aryl methyl sites for hydroxylation is 1. The lowest BCUT2D eigenvalue weighted by molar-refractivity contribution is -0.113. The second-order valence-corrected chi connectivity index (χ2v) is 5.91. The zero-order chi connectivity index (χ0) is 16.8. The standard InChI is InChI=1S/C16H16N6OS/c1-2-12-5-7-13(8-6-12)18-15(23)11-24-16-19-20-21-22(16)14-4-3-9-17-10-14/h3-10H,2,11H2,1H3,(H,18,23). The number of thioether (sulfide) groups is 1. The van der Waals surface area contributed by atoms with Gasteiger partial charge in [-0.2, -0.15) is 4.68 Å². The summed E-state index contributed by atoms with van der Waals surface area (Å²) in [6.45, 7) is 2.09. The third-order valence-electron chi connectivity index (χ3n) is 3.31. The molecule has 0 fully saturated rings. The highest BCUT2D eigenvalue weighted by molar-refractivity contribution is 7.99. The summed E-state index contributed by atoms with van der Waals surface area (Å²) in [7, 11) is 0. The van der Waals surface area contributed by atoms with Gasteiger partial charge in [-0.05, 0) is 46.7 Å². The molecule has 0 aliphatic heterocycles. The van der Waals surface area contributed by atoms with Gasteiger partial charge in [-0.1, -0.05) is 30.8 Å². The van der Waals surface area contributed by atoms with Crippen LogP contribution in [0.2, 0.25) is 0 Å². The molecule has 2 heterocycles. The summed E-state index contributed by atoms with van der Waals surface area (Å²) in [6, 6.07) is 11.5. The van der Waals surface area contributed by atoms with E-state index < -0.39 is 0 Å². The van der Waals surface area contributed by atoms with E-state index in [1.807, 2.05) is 30.3 Å². The van der Waals surface area contributed by atoms with Gasteiger partial charge in [0.1, 0.15) is 0 Å². The summed E-state index contributed by atoms with van der Waals surface area (Å²) in [5.74, 6) is 0.112. The van der Waals surface area contributed by atoms with Crippen LogP contribution in [0, 0.1) is 0 Å². The summed E-state index contributed by atoms with van der Waals surface area (Å²) in [5.41, 5.74) is 2.77. The Hall–Kier alpha value is -2.74. The number of anilines is 1. The summed E-state index contributed by atoms with van der Waals surface area (Å²) in [5, 5.41) is 15.0. The molecule has 8 heteroatoms. The van der Waals surface area contributed by atoms with Crippen molar-refractivity contribution in [3.8, 4) is 5.69 Å². The van der Waals surface area contributed by atoms with Gasteiger partial charge < -0.3 is 5.32 Å². The maximum Gasteiger partial charge on any atom is 0.234 e. The van der Waals surface area contributed by atoms with Crippen molar-refractivity contribution in [3.05, 3.63) is 54.4 Å². The Balaban J connectivity index is 1.60. The van der Waals surface area contributed by atoms with Crippen LogP contribution in [0.1, 0.15) is 12.5 Å². The summed E-state index contributed by atoms with van der Waals surface area (Å²) in [6.07, 6.45) is 4.31. The van der Waals surface area contributed by atoms with Crippen LogP contribution in [0.15, 0.2) is 53.9 Å². The molecule has 1 aromatic carbocycles. The van der Waals surface area contributed by atoms with E-state index >= 15 is 0 Å². The fourth-order valence-corrected chi connectivity index (χ4v) is 2.75. The number of carbonyl (C=O) groups is 1. The van der Waals surface area contributed by atoms with Gasteiger partial charge in [0.2, 0.25) is 11.1 Å². The van der Waals surface area contributed by atoms with E-state index in [1.54, 1.807) is 23.1 Å². The number of rotatable bonds is 6. The van der Waals surface area contributed by atoms with Crippen molar-refractivity contribution in [1.82, 2.24) is 25.2 Å². The molecule has 3 aromatic rings. The number of pyridine rings is 1. The fraction of sp³-hybridized carbons (Fsp3) is 0.188. The number of nitrogens with zero attached hydrogens (tertiary/aromatic N) is 5. The van der Waals surface area contributed by atoms with Crippen LogP contribution in [0.5, 0.6) is 0 Å². The molecule has 3 rings (SSSR count). The maximum atomic E-state index is 12.1. The van der Waals surface area contributed by atoms with Crippen LogP contribution < -0.4 is 5.32 Å². The van der Waals surface area contributed by atoms with Crippen LogP contribution in [-0.2, 0) is 11.2 Å². The average molecular weight is 340 g/mol. The number of carbonyl (C=O) groups excluding carboxylic acids is 1. The predicted octanol–water partition coefficient (Wildman–Crippen LogP) is 2.35. The van der Waals surface area contributed by atoms with E-state index in [9.17, 15) is 4.79 Å². The number of nitrogens with one attached hydrogen (secondary N) is 1. The minimum atomic E-state index is -0.106. The smallest absolute Gasteiger partial charge is 0.234 e. The van der Waals surface area contributed by atoms with E-state index in [0.717, 1.165) is 17.8 Å². The summed E-state index contributed by atoms with van der Waals surface area (Å²) in [4.78, 5) is 16.1. The van der Waals surface area contributed by atoms with Crippen molar-refractivity contribution in [2.45, 2.75) is 18.5 Å². The molecular weight excluding hydrogens is 324 g/mol. The topological polar surface area (TPSA) is 85.6 Å². The first-order valence-corrected chi connectivity index (χ1v) is 8.45. The Kier molecular flexibility index (Phi) is 5.17. The van der Waals surface area contributed by atoms with Crippen molar-refractivity contribution in [2.75, 3.05) is 11.1 Å². The number of tetrazole rings is 1. The average Bonchev–Trinajstić information content (AvgIpc) is 3.10. The zero-order valence-corrected chi connectivity index (χ0v) is 13.9. The first kappa shape index (κ1) is 16.1. The number of aromatic nitrogens is 5. The highest BCUT2D eigenvalue weighted by Crippen LogP contribution is 2.18. The molecule has 0 aliphatic carbocycles. The number of amides is 1. The molecule has 2 aromatic heterocycles. The van der Waals surface area contributed by atoms with Gasteiger partial charge in [-0.3, -0.25) is 9.78 Å². The normalized spacial score (nSPS) is 10.5. The van der Waals surface area contributed by atoms with E-state index in [-0.39, 0.29) is 11.7 Å². The molecule has 0 radical (unpaired) electrons. The Labute approximate surface area is 143 Å². The number of benzene rings is 1. The lowest BCUT2D eigenvalue weighted by atomic mass is 10.1. The fourth-order valence-electron chi connectivity index (χ4n) is 2.06. The van der Waals surface area contributed by atoms with Crippen molar-refractivity contribution >= 4 is 23.4 Å². The predicted molar refractivity (Wildman–Crippen MR) is 92.1 cm³/mol. The molecule has 0 atom stereocenters. The van der Waals surface area contributed by atoms with E-state index in [1.165, 1.54) is 17.3 Å². The van der Waals surface area contributed by atoms with Gasteiger partial charge >= 0.3 is 0 Å². The van der Waals surface area contributed by atoms with Crippen LogP contribution in [0.3, 0.4) is 0 Å². The molecule has 0 spiro atoms. The Morgan fingerprint density at radius 1 is 1.25 bits per heavy atom. The van der Waals surface area contributed by atoms with Gasteiger partial charge in [0.05, 0.1) is 17.6 Å².